The Morgan fingerprint density at radius 1 is 1.24 bits per heavy atom. The van der Waals surface area contributed by atoms with Crippen LogP contribution in [0.25, 0.3) is 0 Å². The number of rotatable bonds is 3. The Bertz CT molecular complexity index is 709. The standard InChI is InChI=1S/C18H24ClN5.ClH/c19-15-3-1-2-14(10-15)18(12-20)6-4-16(5-7-18)23-8-9-24-17(11-23)21-13-22-24;/h1-3,10,13,16H,4-9,11-12,20H2;1H. The summed E-state index contributed by atoms with van der Waals surface area (Å²) in [6.07, 6.45) is 6.27. The number of nitrogens with two attached hydrogens (primary N) is 1. The number of fused-ring (bicyclic) bond motifs is 1. The van der Waals surface area contributed by atoms with Crippen LogP contribution >= 0.6 is 24.0 Å². The number of nitrogens with zero attached hydrogens (tertiary/aromatic N) is 4. The lowest BCUT2D eigenvalue weighted by Gasteiger charge is -2.44. The fourth-order valence-corrected chi connectivity index (χ4v) is 4.53. The first-order valence-electron chi connectivity index (χ1n) is 8.77. The number of halogens is 2. The Morgan fingerprint density at radius 2 is 2.04 bits per heavy atom. The number of hydrogen-bond donors (Lipinski definition) is 1. The SMILES string of the molecule is Cl.NCC1(c2cccc(Cl)c2)CCC(N2CCn3ncnc3C2)CC1. The molecule has 136 valence electrons. The van der Waals surface area contributed by atoms with Crippen molar-refractivity contribution in [1.82, 2.24) is 19.7 Å². The third kappa shape index (κ3) is 3.56. The fourth-order valence-electron chi connectivity index (χ4n) is 4.34. The van der Waals surface area contributed by atoms with Gasteiger partial charge < -0.3 is 5.73 Å². The van der Waals surface area contributed by atoms with Crippen LogP contribution in [0, 0.1) is 0 Å². The quantitative estimate of drug-likeness (QED) is 0.887. The van der Waals surface area contributed by atoms with Crippen molar-refractivity contribution in [1.29, 1.82) is 0 Å². The summed E-state index contributed by atoms with van der Waals surface area (Å²) in [6, 6.07) is 8.87. The van der Waals surface area contributed by atoms with E-state index >= 15 is 0 Å². The van der Waals surface area contributed by atoms with Gasteiger partial charge in [-0.25, -0.2) is 9.67 Å². The highest BCUT2D eigenvalue weighted by molar-refractivity contribution is 6.30. The molecule has 0 unspecified atom stereocenters. The second-order valence-electron chi connectivity index (χ2n) is 7.10. The molecule has 1 aromatic carbocycles. The maximum atomic E-state index is 6.22. The first kappa shape index (κ1) is 18.6. The van der Waals surface area contributed by atoms with Crippen molar-refractivity contribution in [2.24, 2.45) is 5.73 Å². The lowest BCUT2D eigenvalue weighted by molar-refractivity contribution is 0.0948. The molecule has 2 aliphatic rings. The van der Waals surface area contributed by atoms with Gasteiger partial charge in [0.1, 0.15) is 12.2 Å². The van der Waals surface area contributed by atoms with Gasteiger partial charge in [-0.3, -0.25) is 4.90 Å². The molecule has 0 atom stereocenters. The first-order chi connectivity index (χ1) is 11.7. The summed E-state index contributed by atoms with van der Waals surface area (Å²) >= 11 is 6.21. The molecular formula is C18H25Cl2N5. The van der Waals surface area contributed by atoms with Crippen molar-refractivity contribution >= 4 is 24.0 Å². The highest BCUT2D eigenvalue weighted by Gasteiger charge is 2.38. The highest BCUT2D eigenvalue weighted by Crippen LogP contribution is 2.41. The topological polar surface area (TPSA) is 60.0 Å². The van der Waals surface area contributed by atoms with E-state index in [4.69, 9.17) is 17.3 Å². The molecule has 4 rings (SSSR count). The smallest absolute Gasteiger partial charge is 0.141 e. The molecule has 0 amide bonds. The molecule has 2 aromatic rings. The van der Waals surface area contributed by atoms with Gasteiger partial charge >= 0.3 is 0 Å². The minimum Gasteiger partial charge on any atom is -0.330 e. The second-order valence-corrected chi connectivity index (χ2v) is 7.53. The average molecular weight is 382 g/mol. The van der Waals surface area contributed by atoms with Crippen LogP contribution in [0.4, 0.5) is 0 Å². The minimum absolute atomic E-state index is 0. The van der Waals surface area contributed by atoms with E-state index in [1.165, 1.54) is 18.4 Å². The summed E-state index contributed by atoms with van der Waals surface area (Å²) in [5.41, 5.74) is 7.60. The molecule has 1 aliphatic carbocycles. The predicted molar refractivity (Wildman–Crippen MR) is 102 cm³/mol. The van der Waals surface area contributed by atoms with Gasteiger partial charge in [0.15, 0.2) is 0 Å². The summed E-state index contributed by atoms with van der Waals surface area (Å²) in [7, 11) is 0. The normalized spacial score (nSPS) is 26.7. The zero-order valence-electron chi connectivity index (χ0n) is 14.3. The third-order valence-corrected chi connectivity index (χ3v) is 6.13. The molecule has 1 aliphatic heterocycles. The second kappa shape index (κ2) is 7.62. The van der Waals surface area contributed by atoms with Crippen molar-refractivity contribution in [3.8, 4) is 0 Å². The fraction of sp³-hybridized carbons (Fsp3) is 0.556. The van der Waals surface area contributed by atoms with E-state index in [0.29, 0.717) is 12.6 Å². The monoisotopic (exact) mass is 381 g/mol. The van der Waals surface area contributed by atoms with E-state index in [2.05, 4.69) is 27.1 Å². The van der Waals surface area contributed by atoms with Gasteiger partial charge in [-0.2, -0.15) is 5.10 Å². The zero-order chi connectivity index (χ0) is 16.6. The molecule has 25 heavy (non-hydrogen) atoms. The minimum atomic E-state index is 0. The van der Waals surface area contributed by atoms with E-state index < -0.39 is 0 Å². The third-order valence-electron chi connectivity index (χ3n) is 5.90. The largest absolute Gasteiger partial charge is 0.330 e. The average Bonchev–Trinajstić information content (AvgIpc) is 3.09. The Labute approximate surface area is 160 Å². The lowest BCUT2D eigenvalue weighted by Crippen LogP contribution is -2.47. The van der Waals surface area contributed by atoms with Gasteiger partial charge in [0.05, 0.1) is 13.1 Å². The van der Waals surface area contributed by atoms with Crippen molar-refractivity contribution in [3.63, 3.8) is 0 Å². The number of benzene rings is 1. The van der Waals surface area contributed by atoms with E-state index in [9.17, 15) is 0 Å². The summed E-state index contributed by atoms with van der Waals surface area (Å²) in [6.45, 7) is 3.61. The highest BCUT2D eigenvalue weighted by atomic mass is 35.5. The lowest BCUT2D eigenvalue weighted by atomic mass is 9.68. The molecule has 0 spiro atoms. The molecule has 2 N–H and O–H groups in total. The van der Waals surface area contributed by atoms with Crippen LogP contribution in [0.3, 0.4) is 0 Å². The van der Waals surface area contributed by atoms with Crippen LogP contribution in [-0.4, -0.2) is 38.8 Å². The number of aromatic nitrogens is 3. The van der Waals surface area contributed by atoms with Crippen molar-refractivity contribution in [3.05, 3.63) is 47.0 Å². The van der Waals surface area contributed by atoms with Gasteiger partial charge in [0, 0.05) is 29.6 Å². The molecule has 1 aromatic heterocycles. The van der Waals surface area contributed by atoms with E-state index in [-0.39, 0.29) is 17.8 Å². The molecule has 0 bridgehead atoms. The van der Waals surface area contributed by atoms with Crippen LogP contribution in [0.2, 0.25) is 5.02 Å². The Balaban J connectivity index is 0.00000182. The molecule has 0 radical (unpaired) electrons. The van der Waals surface area contributed by atoms with E-state index in [1.807, 2.05) is 16.8 Å². The summed E-state index contributed by atoms with van der Waals surface area (Å²) in [4.78, 5) is 6.95. The molecule has 1 fully saturated rings. The first-order valence-corrected chi connectivity index (χ1v) is 9.15. The molecule has 5 nitrogen and oxygen atoms in total. The van der Waals surface area contributed by atoms with Crippen LogP contribution in [0.5, 0.6) is 0 Å². The zero-order valence-corrected chi connectivity index (χ0v) is 15.8. The van der Waals surface area contributed by atoms with Crippen molar-refractivity contribution in [2.45, 2.75) is 50.2 Å². The Kier molecular flexibility index (Phi) is 5.68. The number of hydrogen-bond acceptors (Lipinski definition) is 4. The van der Waals surface area contributed by atoms with E-state index in [1.54, 1.807) is 6.33 Å². The summed E-state index contributed by atoms with van der Waals surface area (Å²) < 4.78 is 2.02. The van der Waals surface area contributed by atoms with Gasteiger partial charge in [0.25, 0.3) is 0 Å². The van der Waals surface area contributed by atoms with Gasteiger partial charge in [-0.1, -0.05) is 23.7 Å². The molecule has 1 saturated carbocycles. The maximum Gasteiger partial charge on any atom is 0.141 e. The summed E-state index contributed by atoms with van der Waals surface area (Å²) in [5.74, 6) is 1.09. The molecular weight excluding hydrogens is 357 g/mol. The van der Waals surface area contributed by atoms with Crippen molar-refractivity contribution < 1.29 is 0 Å². The summed E-state index contributed by atoms with van der Waals surface area (Å²) in [5, 5.41) is 5.07. The van der Waals surface area contributed by atoms with Crippen molar-refractivity contribution in [2.75, 3.05) is 13.1 Å². The van der Waals surface area contributed by atoms with Crippen LogP contribution in [0.15, 0.2) is 30.6 Å². The molecule has 7 heteroatoms. The van der Waals surface area contributed by atoms with Crippen LogP contribution in [-0.2, 0) is 18.5 Å². The molecule has 2 heterocycles. The van der Waals surface area contributed by atoms with Crippen LogP contribution < -0.4 is 5.73 Å². The van der Waals surface area contributed by atoms with E-state index in [0.717, 1.165) is 43.3 Å². The Morgan fingerprint density at radius 3 is 2.76 bits per heavy atom. The predicted octanol–water partition coefficient (Wildman–Crippen LogP) is 3.01. The Hall–Kier alpha value is -1.14. The maximum absolute atomic E-state index is 6.22. The van der Waals surface area contributed by atoms with Crippen LogP contribution in [0.1, 0.15) is 37.1 Å². The van der Waals surface area contributed by atoms with Gasteiger partial charge in [0.2, 0.25) is 0 Å². The van der Waals surface area contributed by atoms with Gasteiger partial charge in [-0.15, -0.1) is 12.4 Å². The molecule has 0 saturated heterocycles. The van der Waals surface area contributed by atoms with Gasteiger partial charge in [-0.05, 0) is 43.4 Å².